The Balaban J connectivity index is 2.31. The highest BCUT2D eigenvalue weighted by Gasteiger charge is 2.18. The third kappa shape index (κ3) is 1.25. The van der Waals surface area contributed by atoms with Crippen molar-refractivity contribution in [2.75, 3.05) is 7.11 Å². The van der Waals surface area contributed by atoms with Gasteiger partial charge in [-0.1, -0.05) is 0 Å². The summed E-state index contributed by atoms with van der Waals surface area (Å²) in [6.07, 6.45) is 0. The van der Waals surface area contributed by atoms with Crippen LogP contribution in [0, 0.1) is 0 Å². The number of fused-ring (bicyclic) bond motifs is 1. The number of thiophene rings is 1. The van der Waals surface area contributed by atoms with Crippen molar-refractivity contribution in [1.29, 1.82) is 0 Å². The van der Waals surface area contributed by atoms with Crippen molar-refractivity contribution in [3.8, 4) is 0 Å². The maximum absolute atomic E-state index is 11.1. The summed E-state index contributed by atoms with van der Waals surface area (Å²) in [6.45, 7) is 0. The number of esters is 1. The number of carbonyl (C=O) groups is 1. The van der Waals surface area contributed by atoms with Crippen LogP contribution in [-0.2, 0) is 16.2 Å². The summed E-state index contributed by atoms with van der Waals surface area (Å²) < 4.78 is 4.64. The molecule has 2 heterocycles. The van der Waals surface area contributed by atoms with Gasteiger partial charge in [0.25, 0.3) is 0 Å². The largest absolute Gasteiger partial charge is 0.465 e. The van der Waals surface area contributed by atoms with E-state index >= 15 is 0 Å². The molecule has 0 amide bonds. The van der Waals surface area contributed by atoms with Crippen LogP contribution in [0.1, 0.15) is 20.1 Å². The van der Waals surface area contributed by atoms with Gasteiger partial charge >= 0.3 is 5.97 Å². The van der Waals surface area contributed by atoms with Gasteiger partial charge in [-0.15, -0.1) is 11.3 Å². The molecule has 2 nitrogen and oxygen atoms in total. The fourth-order valence-electron chi connectivity index (χ4n) is 1.17. The fourth-order valence-corrected chi connectivity index (χ4v) is 3.59. The molecule has 0 aliphatic carbocycles. The summed E-state index contributed by atoms with van der Waals surface area (Å²) in [6, 6.07) is 1.95. The number of thioether (sulfide) groups is 1. The standard InChI is InChI=1S/C8H8O2S2/c1-10-8(9)6-2-5-3-11-4-7(5)12-6/h2H,3-4H2,1H3. The third-order valence-corrected chi connectivity index (χ3v) is 4.12. The van der Waals surface area contributed by atoms with E-state index in [1.165, 1.54) is 17.6 Å². The number of methoxy groups -OCH3 is 1. The Hall–Kier alpha value is -0.480. The van der Waals surface area contributed by atoms with E-state index in [1.807, 2.05) is 17.8 Å². The quantitative estimate of drug-likeness (QED) is 0.651. The summed E-state index contributed by atoms with van der Waals surface area (Å²) >= 11 is 3.46. The molecule has 12 heavy (non-hydrogen) atoms. The van der Waals surface area contributed by atoms with Crippen molar-refractivity contribution in [3.05, 3.63) is 21.4 Å². The highest BCUT2D eigenvalue weighted by atomic mass is 32.2. The van der Waals surface area contributed by atoms with Gasteiger partial charge in [0.05, 0.1) is 7.11 Å². The van der Waals surface area contributed by atoms with Crippen molar-refractivity contribution in [2.24, 2.45) is 0 Å². The molecule has 2 rings (SSSR count). The lowest BCUT2D eigenvalue weighted by Crippen LogP contribution is -1.97. The first-order valence-corrected chi connectivity index (χ1v) is 5.56. The molecular weight excluding hydrogens is 192 g/mol. The Morgan fingerprint density at radius 2 is 2.42 bits per heavy atom. The van der Waals surface area contributed by atoms with Crippen LogP contribution >= 0.6 is 23.1 Å². The molecule has 0 saturated heterocycles. The molecule has 0 spiro atoms. The SMILES string of the molecule is COC(=O)c1cc2c(s1)CSC2. The lowest BCUT2D eigenvalue weighted by atomic mass is 10.3. The summed E-state index contributed by atoms with van der Waals surface area (Å²) in [4.78, 5) is 13.2. The number of hydrogen-bond acceptors (Lipinski definition) is 4. The van der Waals surface area contributed by atoms with Crippen molar-refractivity contribution in [3.63, 3.8) is 0 Å². The maximum Gasteiger partial charge on any atom is 0.348 e. The molecule has 1 aromatic heterocycles. The zero-order valence-electron chi connectivity index (χ0n) is 6.62. The first kappa shape index (κ1) is 8.13. The second kappa shape index (κ2) is 3.11. The lowest BCUT2D eigenvalue weighted by Gasteiger charge is -1.92. The summed E-state index contributed by atoms with van der Waals surface area (Å²) in [5, 5.41) is 0. The maximum atomic E-state index is 11.1. The van der Waals surface area contributed by atoms with Crippen LogP contribution in [0.4, 0.5) is 0 Å². The molecule has 1 aliphatic heterocycles. The van der Waals surface area contributed by atoms with Crippen LogP contribution in [0.3, 0.4) is 0 Å². The van der Waals surface area contributed by atoms with Gasteiger partial charge in [-0.25, -0.2) is 4.79 Å². The molecule has 1 aliphatic rings. The average molecular weight is 200 g/mol. The van der Waals surface area contributed by atoms with Gasteiger partial charge in [0.2, 0.25) is 0 Å². The molecule has 0 aromatic carbocycles. The minimum Gasteiger partial charge on any atom is -0.465 e. The molecule has 0 bridgehead atoms. The average Bonchev–Trinajstić information content (AvgIpc) is 2.60. The normalized spacial score (nSPS) is 14.4. The van der Waals surface area contributed by atoms with Crippen LogP contribution < -0.4 is 0 Å². The van der Waals surface area contributed by atoms with E-state index in [-0.39, 0.29) is 5.97 Å². The predicted octanol–water partition coefficient (Wildman–Crippen LogP) is 2.28. The Labute approximate surface area is 78.9 Å². The van der Waals surface area contributed by atoms with Gasteiger partial charge in [-0.05, 0) is 11.6 Å². The zero-order chi connectivity index (χ0) is 8.55. The topological polar surface area (TPSA) is 26.3 Å². The van der Waals surface area contributed by atoms with Gasteiger partial charge in [-0.3, -0.25) is 0 Å². The summed E-state index contributed by atoms with van der Waals surface area (Å²) in [7, 11) is 1.42. The molecule has 0 fully saturated rings. The second-order valence-electron chi connectivity index (χ2n) is 2.54. The fraction of sp³-hybridized carbons (Fsp3) is 0.375. The third-order valence-electron chi connectivity index (χ3n) is 1.77. The van der Waals surface area contributed by atoms with Gasteiger partial charge in [-0.2, -0.15) is 11.8 Å². The van der Waals surface area contributed by atoms with E-state index in [1.54, 1.807) is 11.3 Å². The van der Waals surface area contributed by atoms with Crippen molar-refractivity contribution >= 4 is 29.1 Å². The van der Waals surface area contributed by atoms with E-state index < -0.39 is 0 Å². The molecule has 64 valence electrons. The van der Waals surface area contributed by atoms with Crippen LogP contribution in [0.5, 0.6) is 0 Å². The number of carbonyl (C=O) groups excluding carboxylic acids is 1. The summed E-state index contributed by atoms with van der Waals surface area (Å²) in [5.74, 6) is 1.89. The first-order valence-electron chi connectivity index (χ1n) is 3.59. The predicted molar refractivity (Wildman–Crippen MR) is 50.7 cm³/mol. The van der Waals surface area contributed by atoms with Gasteiger partial charge < -0.3 is 4.74 Å². The van der Waals surface area contributed by atoms with Crippen molar-refractivity contribution in [1.82, 2.24) is 0 Å². The van der Waals surface area contributed by atoms with Crippen LogP contribution in [-0.4, -0.2) is 13.1 Å². The highest BCUT2D eigenvalue weighted by molar-refractivity contribution is 7.98. The Morgan fingerprint density at radius 3 is 3.08 bits per heavy atom. The Morgan fingerprint density at radius 1 is 1.58 bits per heavy atom. The number of ether oxygens (including phenoxy) is 1. The minimum absolute atomic E-state index is 0.209. The second-order valence-corrected chi connectivity index (χ2v) is 4.67. The molecule has 0 N–H and O–H groups in total. The first-order chi connectivity index (χ1) is 5.81. The van der Waals surface area contributed by atoms with Crippen LogP contribution in [0.2, 0.25) is 0 Å². The van der Waals surface area contributed by atoms with Gasteiger partial charge in [0.1, 0.15) is 4.88 Å². The minimum atomic E-state index is -0.209. The lowest BCUT2D eigenvalue weighted by molar-refractivity contribution is 0.0606. The number of hydrogen-bond donors (Lipinski definition) is 0. The molecule has 0 radical (unpaired) electrons. The van der Waals surface area contributed by atoms with Gasteiger partial charge in [0.15, 0.2) is 0 Å². The monoisotopic (exact) mass is 200 g/mol. The molecule has 0 saturated carbocycles. The van der Waals surface area contributed by atoms with Crippen molar-refractivity contribution < 1.29 is 9.53 Å². The van der Waals surface area contributed by atoms with E-state index in [4.69, 9.17) is 0 Å². The molecular formula is C8H8O2S2. The van der Waals surface area contributed by atoms with E-state index in [0.29, 0.717) is 0 Å². The smallest absolute Gasteiger partial charge is 0.348 e. The molecule has 0 unspecified atom stereocenters. The van der Waals surface area contributed by atoms with Crippen molar-refractivity contribution in [2.45, 2.75) is 11.5 Å². The Kier molecular flexibility index (Phi) is 2.11. The van der Waals surface area contributed by atoms with Gasteiger partial charge in [0, 0.05) is 16.4 Å². The zero-order valence-corrected chi connectivity index (χ0v) is 8.26. The number of rotatable bonds is 1. The molecule has 4 heteroatoms. The van der Waals surface area contributed by atoms with E-state index in [0.717, 1.165) is 16.4 Å². The summed E-state index contributed by atoms with van der Waals surface area (Å²) in [5.41, 5.74) is 1.31. The van der Waals surface area contributed by atoms with Crippen LogP contribution in [0.15, 0.2) is 6.07 Å². The highest BCUT2D eigenvalue weighted by Crippen LogP contribution is 2.36. The van der Waals surface area contributed by atoms with E-state index in [9.17, 15) is 4.79 Å². The molecule has 1 aromatic rings. The Bertz CT molecular complexity index is 295. The molecule has 0 atom stereocenters. The van der Waals surface area contributed by atoms with E-state index in [2.05, 4.69) is 4.74 Å². The van der Waals surface area contributed by atoms with Crippen LogP contribution in [0.25, 0.3) is 0 Å².